The molecule has 0 N–H and O–H groups in total. The molecule has 0 aliphatic carbocycles. The van der Waals surface area contributed by atoms with Crippen LogP contribution in [0.2, 0.25) is 0 Å². The Labute approximate surface area is 113 Å². The van der Waals surface area contributed by atoms with Gasteiger partial charge < -0.3 is 4.74 Å². The first kappa shape index (κ1) is 13.1. The third kappa shape index (κ3) is 3.32. The number of hydrogen-bond acceptors (Lipinski definition) is 2. The lowest BCUT2D eigenvalue weighted by Gasteiger charge is -2.03. The fraction of sp³-hybridized carbons (Fsp3) is 0.118. The van der Waals surface area contributed by atoms with Crippen LogP contribution in [0.4, 0.5) is 0 Å². The number of methoxy groups -OCH3 is 1. The van der Waals surface area contributed by atoms with Crippen molar-refractivity contribution in [2.75, 3.05) is 7.11 Å². The summed E-state index contributed by atoms with van der Waals surface area (Å²) in [6.45, 7) is 1.83. The van der Waals surface area contributed by atoms with E-state index >= 15 is 0 Å². The summed E-state index contributed by atoms with van der Waals surface area (Å²) in [6, 6.07) is 16.9. The Morgan fingerprint density at radius 3 is 2.21 bits per heavy atom. The molecule has 96 valence electrons. The fourth-order valence-corrected chi connectivity index (χ4v) is 1.83. The van der Waals surface area contributed by atoms with E-state index in [1.54, 1.807) is 7.11 Å². The van der Waals surface area contributed by atoms with E-state index in [1.165, 1.54) is 0 Å². The summed E-state index contributed by atoms with van der Waals surface area (Å²) < 4.78 is 5.10. The Balaban J connectivity index is 2.20. The number of rotatable bonds is 4. The Morgan fingerprint density at radius 2 is 1.63 bits per heavy atom. The number of ketones is 1. The van der Waals surface area contributed by atoms with Gasteiger partial charge in [-0.15, -0.1) is 0 Å². The highest BCUT2D eigenvalue weighted by atomic mass is 16.5. The van der Waals surface area contributed by atoms with Crippen molar-refractivity contribution in [3.63, 3.8) is 0 Å². The van der Waals surface area contributed by atoms with Gasteiger partial charge >= 0.3 is 0 Å². The van der Waals surface area contributed by atoms with E-state index in [4.69, 9.17) is 4.74 Å². The number of ether oxygens (including phenoxy) is 1. The molecule has 0 saturated heterocycles. The molecule has 2 rings (SSSR count). The standard InChI is InChI=1S/C17H16O2/c1-13(17(18)15-6-4-3-5-7-15)12-14-8-10-16(19-2)11-9-14/h3-12H,1-2H3/b13-12+. The summed E-state index contributed by atoms with van der Waals surface area (Å²) in [5.41, 5.74) is 2.42. The van der Waals surface area contributed by atoms with E-state index in [2.05, 4.69) is 0 Å². The largest absolute Gasteiger partial charge is 0.497 e. The van der Waals surface area contributed by atoms with E-state index in [0.29, 0.717) is 5.56 Å². The first-order chi connectivity index (χ1) is 9.20. The molecule has 0 aliphatic heterocycles. The Morgan fingerprint density at radius 1 is 1.00 bits per heavy atom. The highest BCUT2D eigenvalue weighted by Crippen LogP contribution is 2.16. The minimum absolute atomic E-state index is 0.0522. The quantitative estimate of drug-likeness (QED) is 0.607. The predicted molar refractivity (Wildman–Crippen MR) is 77.4 cm³/mol. The van der Waals surface area contributed by atoms with E-state index in [9.17, 15) is 4.79 Å². The molecule has 0 fully saturated rings. The van der Waals surface area contributed by atoms with Gasteiger partial charge in [-0.1, -0.05) is 42.5 Å². The molecule has 0 radical (unpaired) electrons. The molecule has 2 aromatic carbocycles. The van der Waals surface area contributed by atoms with Gasteiger partial charge in [-0.25, -0.2) is 0 Å². The zero-order valence-electron chi connectivity index (χ0n) is 11.1. The SMILES string of the molecule is COc1ccc(/C=C(\C)C(=O)c2ccccc2)cc1. The lowest BCUT2D eigenvalue weighted by molar-refractivity contribution is 0.103. The second-order valence-electron chi connectivity index (χ2n) is 4.30. The minimum Gasteiger partial charge on any atom is -0.497 e. The lowest BCUT2D eigenvalue weighted by atomic mass is 10.0. The molecule has 0 unspecified atom stereocenters. The third-order valence-electron chi connectivity index (χ3n) is 2.89. The van der Waals surface area contributed by atoms with Gasteiger partial charge in [0.15, 0.2) is 5.78 Å². The van der Waals surface area contributed by atoms with Crippen LogP contribution >= 0.6 is 0 Å². The van der Waals surface area contributed by atoms with Gasteiger partial charge in [-0.3, -0.25) is 4.79 Å². The molecule has 0 atom stereocenters. The molecule has 2 heteroatoms. The van der Waals surface area contributed by atoms with Crippen molar-refractivity contribution in [2.24, 2.45) is 0 Å². The van der Waals surface area contributed by atoms with Crippen molar-refractivity contribution >= 4 is 11.9 Å². The van der Waals surface area contributed by atoms with Crippen LogP contribution in [0.3, 0.4) is 0 Å². The summed E-state index contributed by atoms with van der Waals surface area (Å²) >= 11 is 0. The monoisotopic (exact) mass is 252 g/mol. The summed E-state index contributed by atoms with van der Waals surface area (Å²) in [5, 5.41) is 0. The number of allylic oxidation sites excluding steroid dienone is 1. The average Bonchev–Trinajstić information content (AvgIpc) is 2.48. The molecule has 0 amide bonds. The minimum atomic E-state index is 0.0522. The highest BCUT2D eigenvalue weighted by Gasteiger charge is 2.06. The molecule has 19 heavy (non-hydrogen) atoms. The number of Topliss-reactive ketones (excluding diaryl/α,β-unsaturated/α-hetero) is 1. The van der Waals surface area contributed by atoms with Crippen LogP contribution in [-0.2, 0) is 0 Å². The van der Waals surface area contributed by atoms with Crippen molar-refractivity contribution in [3.05, 3.63) is 71.3 Å². The molecule has 0 heterocycles. The maximum Gasteiger partial charge on any atom is 0.188 e. The average molecular weight is 252 g/mol. The number of carbonyl (C=O) groups is 1. The molecule has 0 bridgehead atoms. The molecule has 2 aromatic rings. The Kier molecular flexibility index (Phi) is 4.14. The molecular formula is C17H16O2. The summed E-state index contributed by atoms with van der Waals surface area (Å²) in [7, 11) is 1.63. The third-order valence-corrected chi connectivity index (χ3v) is 2.89. The molecule has 0 aromatic heterocycles. The summed E-state index contributed by atoms with van der Waals surface area (Å²) in [4.78, 5) is 12.2. The Bertz CT molecular complexity index is 580. The van der Waals surface area contributed by atoms with Crippen LogP contribution in [-0.4, -0.2) is 12.9 Å². The topological polar surface area (TPSA) is 26.3 Å². The second kappa shape index (κ2) is 6.01. The number of carbonyl (C=O) groups excluding carboxylic acids is 1. The molecule has 0 aliphatic rings. The van der Waals surface area contributed by atoms with Gasteiger partial charge in [0.1, 0.15) is 5.75 Å². The van der Waals surface area contributed by atoms with Crippen LogP contribution in [0.15, 0.2) is 60.2 Å². The highest BCUT2D eigenvalue weighted by molar-refractivity contribution is 6.10. The number of hydrogen-bond donors (Lipinski definition) is 0. The lowest BCUT2D eigenvalue weighted by Crippen LogP contribution is -1.99. The summed E-state index contributed by atoms with van der Waals surface area (Å²) in [5.74, 6) is 0.862. The van der Waals surface area contributed by atoms with Crippen LogP contribution in [0.5, 0.6) is 5.75 Å². The van der Waals surface area contributed by atoms with Crippen LogP contribution in [0, 0.1) is 0 Å². The second-order valence-corrected chi connectivity index (χ2v) is 4.30. The van der Waals surface area contributed by atoms with E-state index in [0.717, 1.165) is 16.9 Å². The van der Waals surface area contributed by atoms with Gasteiger partial charge in [0.2, 0.25) is 0 Å². The van der Waals surface area contributed by atoms with Crippen molar-refractivity contribution in [1.29, 1.82) is 0 Å². The normalized spacial score (nSPS) is 11.2. The zero-order valence-corrected chi connectivity index (χ0v) is 11.1. The van der Waals surface area contributed by atoms with Crippen LogP contribution in [0.1, 0.15) is 22.8 Å². The molecule has 0 spiro atoms. The van der Waals surface area contributed by atoms with Gasteiger partial charge in [-0.2, -0.15) is 0 Å². The van der Waals surface area contributed by atoms with E-state index in [-0.39, 0.29) is 5.78 Å². The fourth-order valence-electron chi connectivity index (χ4n) is 1.83. The van der Waals surface area contributed by atoms with Crippen LogP contribution in [0.25, 0.3) is 6.08 Å². The van der Waals surface area contributed by atoms with Gasteiger partial charge in [-0.05, 0) is 36.3 Å². The first-order valence-electron chi connectivity index (χ1n) is 6.13. The first-order valence-corrected chi connectivity index (χ1v) is 6.13. The predicted octanol–water partition coefficient (Wildman–Crippen LogP) is 3.98. The maximum atomic E-state index is 12.2. The van der Waals surface area contributed by atoms with Gasteiger partial charge in [0.25, 0.3) is 0 Å². The zero-order chi connectivity index (χ0) is 13.7. The van der Waals surface area contributed by atoms with E-state index < -0.39 is 0 Å². The van der Waals surface area contributed by atoms with E-state index in [1.807, 2.05) is 67.6 Å². The van der Waals surface area contributed by atoms with Crippen molar-refractivity contribution in [1.82, 2.24) is 0 Å². The number of benzene rings is 2. The van der Waals surface area contributed by atoms with Gasteiger partial charge in [0, 0.05) is 5.56 Å². The smallest absolute Gasteiger partial charge is 0.188 e. The molecular weight excluding hydrogens is 236 g/mol. The van der Waals surface area contributed by atoms with Crippen molar-refractivity contribution in [3.8, 4) is 5.75 Å². The molecule has 2 nitrogen and oxygen atoms in total. The van der Waals surface area contributed by atoms with Crippen molar-refractivity contribution in [2.45, 2.75) is 6.92 Å². The van der Waals surface area contributed by atoms with Crippen LogP contribution < -0.4 is 4.74 Å². The Hall–Kier alpha value is -2.35. The van der Waals surface area contributed by atoms with Crippen molar-refractivity contribution < 1.29 is 9.53 Å². The maximum absolute atomic E-state index is 12.2. The van der Waals surface area contributed by atoms with Gasteiger partial charge in [0.05, 0.1) is 7.11 Å². The summed E-state index contributed by atoms with van der Waals surface area (Å²) in [6.07, 6.45) is 1.88. The molecule has 0 saturated carbocycles.